The van der Waals surface area contributed by atoms with E-state index in [0.717, 1.165) is 11.4 Å². The molecule has 3 aromatic rings. The summed E-state index contributed by atoms with van der Waals surface area (Å²) in [5.41, 5.74) is 4.60. The number of carbonyl (C=O) groups is 1. The van der Waals surface area contributed by atoms with Gasteiger partial charge >= 0.3 is 0 Å². The van der Waals surface area contributed by atoms with Crippen molar-refractivity contribution in [1.29, 1.82) is 0 Å². The van der Waals surface area contributed by atoms with Crippen LogP contribution >= 0.6 is 0 Å². The quantitative estimate of drug-likeness (QED) is 0.698. The van der Waals surface area contributed by atoms with Crippen molar-refractivity contribution in [2.45, 2.75) is 20.3 Å². The lowest BCUT2D eigenvalue weighted by Crippen LogP contribution is -2.16. The number of nitrogens with one attached hydrogen (secondary N) is 2. The molecule has 4 nitrogen and oxygen atoms in total. The molecule has 2 aromatic carbocycles. The number of benzene rings is 2. The maximum Gasteiger partial charge on any atom is 0.230 e. The molecule has 0 bridgehead atoms. The number of carbonyl (C=O) groups excluding carboxylic acids is 1. The lowest BCUT2D eigenvalue weighted by atomic mass is 10.1. The predicted octanol–water partition coefficient (Wildman–Crippen LogP) is 4.76. The van der Waals surface area contributed by atoms with Crippen LogP contribution in [0.3, 0.4) is 0 Å². The summed E-state index contributed by atoms with van der Waals surface area (Å²) < 4.78 is 13.6. The third-order valence-corrected chi connectivity index (χ3v) is 4.14. The minimum atomic E-state index is -0.386. The van der Waals surface area contributed by atoms with Gasteiger partial charge in [-0.05, 0) is 60.9 Å². The van der Waals surface area contributed by atoms with Gasteiger partial charge in [0.1, 0.15) is 11.6 Å². The highest BCUT2D eigenvalue weighted by molar-refractivity contribution is 5.91. The van der Waals surface area contributed by atoms with Gasteiger partial charge in [0, 0.05) is 5.69 Å². The van der Waals surface area contributed by atoms with Crippen LogP contribution in [0.4, 0.5) is 21.6 Å². The molecule has 0 aliphatic heterocycles. The zero-order valence-electron chi connectivity index (χ0n) is 14.7. The third-order valence-electron chi connectivity index (χ3n) is 4.14. The molecule has 1 aromatic heterocycles. The van der Waals surface area contributed by atoms with Crippen molar-refractivity contribution in [2.24, 2.45) is 0 Å². The Morgan fingerprint density at radius 2 is 1.77 bits per heavy atom. The van der Waals surface area contributed by atoms with Crippen LogP contribution < -0.4 is 10.6 Å². The van der Waals surface area contributed by atoms with E-state index < -0.39 is 0 Å². The van der Waals surface area contributed by atoms with Crippen LogP contribution in [0.15, 0.2) is 60.8 Å². The first-order valence-electron chi connectivity index (χ1n) is 8.35. The Bertz CT molecular complexity index is 923. The molecule has 0 radical (unpaired) electrons. The van der Waals surface area contributed by atoms with Gasteiger partial charge in [-0.1, -0.05) is 24.3 Å². The number of anilines is 3. The van der Waals surface area contributed by atoms with Crippen LogP contribution in [-0.2, 0) is 11.2 Å². The van der Waals surface area contributed by atoms with E-state index >= 15 is 0 Å². The van der Waals surface area contributed by atoms with E-state index in [0.29, 0.717) is 11.4 Å². The molecule has 26 heavy (non-hydrogen) atoms. The average molecular weight is 349 g/mol. The second-order valence-corrected chi connectivity index (χ2v) is 6.17. The summed E-state index contributed by atoms with van der Waals surface area (Å²) in [5.74, 6) is -0.266. The van der Waals surface area contributed by atoms with E-state index in [9.17, 15) is 9.18 Å². The first-order valence-corrected chi connectivity index (χ1v) is 8.35. The summed E-state index contributed by atoms with van der Waals surface area (Å²) in [5, 5.41) is 5.96. The molecule has 0 atom stereocenters. The summed E-state index contributed by atoms with van der Waals surface area (Å²) in [6.45, 7) is 4.13. The highest BCUT2D eigenvalue weighted by Crippen LogP contribution is 2.20. The van der Waals surface area contributed by atoms with Crippen molar-refractivity contribution in [2.75, 3.05) is 10.6 Å². The molecule has 0 unspecified atom stereocenters. The van der Waals surface area contributed by atoms with E-state index in [2.05, 4.69) is 41.6 Å². The molecule has 5 heteroatoms. The van der Waals surface area contributed by atoms with Gasteiger partial charge in [0.25, 0.3) is 0 Å². The molecule has 0 saturated carbocycles. The van der Waals surface area contributed by atoms with Gasteiger partial charge in [-0.15, -0.1) is 0 Å². The number of hydrogen-bond acceptors (Lipinski definition) is 3. The molecule has 2 N–H and O–H groups in total. The van der Waals surface area contributed by atoms with Crippen LogP contribution in [0, 0.1) is 19.7 Å². The normalized spacial score (nSPS) is 10.4. The fraction of sp³-hybridized carbons (Fsp3) is 0.143. The van der Waals surface area contributed by atoms with Gasteiger partial charge in [-0.2, -0.15) is 0 Å². The van der Waals surface area contributed by atoms with Crippen molar-refractivity contribution in [3.63, 3.8) is 0 Å². The Kier molecular flexibility index (Phi) is 5.27. The summed E-state index contributed by atoms with van der Waals surface area (Å²) in [6.07, 6.45) is 1.62. The summed E-state index contributed by atoms with van der Waals surface area (Å²) in [7, 11) is 0. The average Bonchev–Trinajstić information content (AvgIpc) is 2.62. The Hall–Kier alpha value is -3.21. The fourth-order valence-electron chi connectivity index (χ4n) is 2.53. The van der Waals surface area contributed by atoms with Crippen molar-refractivity contribution in [1.82, 2.24) is 4.98 Å². The molecular weight excluding hydrogens is 329 g/mol. The van der Waals surface area contributed by atoms with Gasteiger partial charge < -0.3 is 10.6 Å². The lowest BCUT2D eigenvalue weighted by molar-refractivity contribution is -0.115. The van der Waals surface area contributed by atoms with Crippen LogP contribution in [0.2, 0.25) is 0 Å². The molecule has 1 amide bonds. The van der Waals surface area contributed by atoms with Crippen molar-refractivity contribution in [3.8, 4) is 0 Å². The van der Waals surface area contributed by atoms with Gasteiger partial charge in [0.15, 0.2) is 0 Å². The monoisotopic (exact) mass is 349 g/mol. The minimum absolute atomic E-state index is 0.0308. The Morgan fingerprint density at radius 1 is 1.00 bits per heavy atom. The fourth-order valence-corrected chi connectivity index (χ4v) is 2.53. The molecule has 0 spiro atoms. The highest BCUT2D eigenvalue weighted by Gasteiger charge is 2.08. The van der Waals surface area contributed by atoms with Crippen molar-refractivity contribution >= 4 is 23.1 Å². The summed E-state index contributed by atoms with van der Waals surface area (Å²) in [4.78, 5) is 16.3. The topological polar surface area (TPSA) is 54.0 Å². The standard InChI is InChI=1S/C21H20FN3O/c1-14-7-8-17(11-15(14)2)24-18-9-10-20(23-13-18)25-21(26)12-16-5-3-4-6-19(16)22/h3-11,13,24H,12H2,1-2H3,(H,23,25,26). The molecule has 1 heterocycles. The molecule has 0 aliphatic rings. The van der Waals surface area contributed by atoms with Crippen molar-refractivity contribution in [3.05, 3.63) is 83.3 Å². The van der Waals surface area contributed by atoms with Crippen molar-refractivity contribution < 1.29 is 9.18 Å². The van der Waals surface area contributed by atoms with Crippen LogP contribution in [0.5, 0.6) is 0 Å². The predicted molar refractivity (Wildman–Crippen MR) is 102 cm³/mol. The summed E-state index contributed by atoms with van der Waals surface area (Å²) >= 11 is 0. The van der Waals surface area contributed by atoms with Gasteiger partial charge in [0.2, 0.25) is 5.91 Å². The zero-order chi connectivity index (χ0) is 18.5. The van der Waals surface area contributed by atoms with E-state index in [1.165, 1.54) is 17.2 Å². The molecule has 0 saturated heterocycles. The Morgan fingerprint density at radius 3 is 2.46 bits per heavy atom. The highest BCUT2D eigenvalue weighted by atomic mass is 19.1. The van der Waals surface area contributed by atoms with Gasteiger partial charge in [-0.3, -0.25) is 4.79 Å². The Labute approximate surface area is 152 Å². The molecule has 3 rings (SSSR count). The number of hydrogen-bond donors (Lipinski definition) is 2. The zero-order valence-corrected chi connectivity index (χ0v) is 14.7. The maximum atomic E-state index is 13.6. The number of aromatic nitrogens is 1. The molecule has 0 aliphatic carbocycles. The number of halogens is 1. The minimum Gasteiger partial charge on any atom is -0.354 e. The first-order chi connectivity index (χ1) is 12.5. The Balaban J connectivity index is 1.61. The van der Waals surface area contributed by atoms with Crippen LogP contribution in [0.1, 0.15) is 16.7 Å². The largest absolute Gasteiger partial charge is 0.354 e. The van der Waals surface area contributed by atoms with E-state index in [-0.39, 0.29) is 18.1 Å². The number of rotatable bonds is 5. The summed E-state index contributed by atoms with van der Waals surface area (Å²) in [6, 6.07) is 15.9. The lowest BCUT2D eigenvalue weighted by Gasteiger charge is -2.10. The van der Waals surface area contributed by atoms with E-state index in [1.807, 2.05) is 12.1 Å². The second kappa shape index (κ2) is 7.78. The molecule has 132 valence electrons. The van der Waals surface area contributed by atoms with Gasteiger partial charge in [-0.25, -0.2) is 9.37 Å². The van der Waals surface area contributed by atoms with Crippen LogP contribution in [0.25, 0.3) is 0 Å². The smallest absolute Gasteiger partial charge is 0.230 e. The second-order valence-electron chi connectivity index (χ2n) is 6.17. The molecule has 0 fully saturated rings. The maximum absolute atomic E-state index is 13.6. The number of aryl methyl sites for hydroxylation is 2. The third kappa shape index (κ3) is 4.45. The number of pyridine rings is 1. The molecular formula is C21H20FN3O. The SMILES string of the molecule is Cc1ccc(Nc2ccc(NC(=O)Cc3ccccc3F)nc2)cc1C. The van der Waals surface area contributed by atoms with E-state index in [1.54, 1.807) is 30.5 Å². The van der Waals surface area contributed by atoms with Gasteiger partial charge in [0.05, 0.1) is 18.3 Å². The number of nitrogens with zero attached hydrogens (tertiary/aromatic N) is 1. The van der Waals surface area contributed by atoms with E-state index in [4.69, 9.17) is 0 Å². The first kappa shape index (κ1) is 17.6. The number of amides is 1. The van der Waals surface area contributed by atoms with Crippen LogP contribution in [-0.4, -0.2) is 10.9 Å².